The molecule has 0 bridgehead atoms. The van der Waals surface area contributed by atoms with Crippen LogP contribution in [-0.2, 0) is 6.18 Å². The highest BCUT2D eigenvalue weighted by molar-refractivity contribution is 5.23. The maximum Gasteiger partial charge on any atom is 0.434 e. The lowest BCUT2D eigenvalue weighted by Crippen LogP contribution is -2.46. The van der Waals surface area contributed by atoms with E-state index in [2.05, 4.69) is 9.72 Å². The van der Waals surface area contributed by atoms with Gasteiger partial charge in [0.1, 0.15) is 0 Å². The lowest BCUT2D eigenvalue weighted by Gasteiger charge is -2.23. The molecule has 0 amide bonds. The van der Waals surface area contributed by atoms with Crippen LogP contribution in [0.3, 0.4) is 0 Å². The Morgan fingerprint density at radius 3 is 1.80 bits per heavy atom. The standard InChI is InChI=1S/C9H4F9NO/c10-7(11,12)4-1-2-19-5(3-4)20-6(8(13,14)15)9(16,17)18/h1-3,6H. The van der Waals surface area contributed by atoms with Crippen LogP contribution in [0.1, 0.15) is 5.56 Å². The zero-order valence-corrected chi connectivity index (χ0v) is 9.07. The van der Waals surface area contributed by atoms with Gasteiger partial charge < -0.3 is 4.74 Å². The summed E-state index contributed by atoms with van der Waals surface area (Å²) in [6.07, 6.45) is -20.5. The largest absolute Gasteiger partial charge is 0.455 e. The first-order valence-electron chi connectivity index (χ1n) is 4.65. The topological polar surface area (TPSA) is 22.1 Å². The molecule has 0 atom stereocenters. The van der Waals surface area contributed by atoms with Crippen LogP contribution in [0.4, 0.5) is 39.5 Å². The highest BCUT2D eigenvalue weighted by atomic mass is 19.4. The summed E-state index contributed by atoms with van der Waals surface area (Å²) in [7, 11) is 0. The number of ether oxygens (including phenoxy) is 1. The van der Waals surface area contributed by atoms with Crippen molar-refractivity contribution < 1.29 is 44.3 Å². The first-order valence-corrected chi connectivity index (χ1v) is 4.65. The molecule has 1 aromatic heterocycles. The molecule has 0 aliphatic rings. The van der Waals surface area contributed by atoms with Gasteiger partial charge in [-0.3, -0.25) is 0 Å². The third-order valence-corrected chi connectivity index (χ3v) is 1.90. The minimum absolute atomic E-state index is 0.0511. The van der Waals surface area contributed by atoms with Crippen molar-refractivity contribution in [1.82, 2.24) is 4.98 Å². The van der Waals surface area contributed by atoms with Crippen molar-refractivity contribution in [2.45, 2.75) is 24.6 Å². The van der Waals surface area contributed by atoms with E-state index in [0.717, 1.165) is 0 Å². The highest BCUT2D eigenvalue weighted by Crippen LogP contribution is 2.37. The van der Waals surface area contributed by atoms with E-state index < -0.39 is 36.1 Å². The number of aromatic nitrogens is 1. The van der Waals surface area contributed by atoms with Gasteiger partial charge in [-0.05, 0) is 6.07 Å². The maximum atomic E-state index is 12.2. The number of hydrogen-bond donors (Lipinski definition) is 0. The van der Waals surface area contributed by atoms with Crippen molar-refractivity contribution in [3.8, 4) is 5.88 Å². The third kappa shape index (κ3) is 4.17. The average Bonchev–Trinajstić information content (AvgIpc) is 2.22. The zero-order chi connectivity index (χ0) is 15.8. The molecule has 0 N–H and O–H groups in total. The number of hydrogen-bond acceptors (Lipinski definition) is 2. The Balaban J connectivity index is 3.08. The monoisotopic (exact) mass is 313 g/mol. The molecule has 0 radical (unpaired) electrons. The molecule has 0 aliphatic heterocycles. The molecule has 0 aromatic carbocycles. The first kappa shape index (κ1) is 16.4. The average molecular weight is 313 g/mol. The molecule has 0 aliphatic carbocycles. The van der Waals surface area contributed by atoms with Crippen molar-refractivity contribution in [1.29, 1.82) is 0 Å². The number of pyridine rings is 1. The van der Waals surface area contributed by atoms with Crippen molar-refractivity contribution in [3.05, 3.63) is 23.9 Å². The minimum atomic E-state index is -5.84. The lowest BCUT2D eigenvalue weighted by molar-refractivity contribution is -0.300. The number of rotatable bonds is 2. The van der Waals surface area contributed by atoms with Crippen LogP contribution in [0.25, 0.3) is 0 Å². The second-order valence-electron chi connectivity index (χ2n) is 3.46. The van der Waals surface area contributed by atoms with E-state index in [1.165, 1.54) is 0 Å². The summed E-state index contributed by atoms with van der Waals surface area (Å²) >= 11 is 0. The van der Waals surface area contributed by atoms with Gasteiger partial charge in [0.15, 0.2) is 0 Å². The van der Waals surface area contributed by atoms with E-state index in [1.54, 1.807) is 0 Å². The molecule has 1 rings (SSSR count). The van der Waals surface area contributed by atoms with Crippen molar-refractivity contribution in [2.24, 2.45) is 0 Å². The summed E-state index contributed by atoms with van der Waals surface area (Å²) in [5.74, 6) is -1.43. The van der Waals surface area contributed by atoms with Gasteiger partial charge in [-0.15, -0.1) is 0 Å². The molecule has 2 nitrogen and oxygen atoms in total. The minimum Gasteiger partial charge on any atom is -0.455 e. The van der Waals surface area contributed by atoms with Crippen molar-refractivity contribution in [3.63, 3.8) is 0 Å². The van der Waals surface area contributed by atoms with Gasteiger partial charge in [0.05, 0.1) is 5.56 Å². The fourth-order valence-electron chi connectivity index (χ4n) is 1.09. The first-order chi connectivity index (χ1) is 8.82. The van der Waals surface area contributed by atoms with Crippen LogP contribution in [-0.4, -0.2) is 23.4 Å². The molecule has 0 saturated heterocycles. The second-order valence-corrected chi connectivity index (χ2v) is 3.46. The van der Waals surface area contributed by atoms with E-state index in [0.29, 0.717) is 12.3 Å². The predicted molar refractivity (Wildman–Crippen MR) is 45.8 cm³/mol. The van der Waals surface area contributed by atoms with Gasteiger partial charge in [-0.1, -0.05) is 0 Å². The van der Waals surface area contributed by atoms with Crippen LogP contribution >= 0.6 is 0 Å². The van der Waals surface area contributed by atoms with E-state index in [-0.39, 0.29) is 6.07 Å². The van der Waals surface area contributed by atoms with Crippen LogP contribution in [0.2, 0.25) is 0 Å². The van der Waals surface area contributed by atoms with E-state index in [1.807, 2.05) is 0 Å². The SMILES string of the molecule is FC(F)(F)c1ccnc(OC(C(F)(F)F)C(F)(F)F)c1. The van der Waals surface area contributed by atoms with Gasteiger partial charge in [0, 0.05) is 12.3 Å². The van der Waals surface area contributed by atoms with E-state index >= 15 is 0 Å². The van der Waals surface area contributed by atoms with Gasteiger partial charge in [0.2, 0.25) is 5.88 Å². The molecule has 114 valence electrons. The molecule has 0 unspecified atom stereocenters. The third-order valence-electron chi connectivity index (χ3n) is 1.90. The summed E-state index contributed by atoms with van der Waals surface area (Å²) in [5, 5.41) is 0. The number of alkyl halides is 9. The van der Waals surface area contributed by atoms with E-state index in [9.17, 15) is 39.5 Å². The Labute approximate surface area is 105 Å². The van der Waals surface area contributed by atoms with Crippen LogP contribution in [0.5, 0.6) is 5.88 Å². The number of halogens is 9. The highest BCUT2D eigenvalue weighted by Gasteiger charge is 2.59. The lowest BCUT2D eigenvalue weighted by atomic mass is 10.2. The molecular formula is C9H4F9NO. The normalized spacial score (nSPS) is 13.7. The molecule has 0 saturated carbocycles. The number of nitrogens with zero attached hydrogens (tertiary/aromatic N) is 1. The molecular weight excluding hydrogens is 309 g/mol. The Morgan fingerprint density at radius 2 is 1.40 bits per heavy atom. The molecule has 0 spiro atoms. The van der Waals surface area contributed by atoms with Gasteiger partial charge >= 0.3 is 18.5 Å². The van der Waals surface area contributed by atoms with Crippen LogP contribution < -0.4 is 4.74 Å². The van der Waals surface area contributed by atoms with Gasteiger partial charge in [-0.2, -0.15) is 39.5 Å². The molecule has 1 aromatic rings. The molecule has 1 heterocycles. The van der Waals surface area contributed by atoms with Gasteiger partial charge in [0.25, 0.3) is 6.10 Å². The van der Waals surface area contributed by atoms with Crippen LogP contribution in [0, 0.1) is 0 Å². The summed E-state index contributed by atoms with van der Waals surface area (Å²) in [6.45, 7) is 0. The van der Waals surface area contributed by atoms with Gasteiger partial charge in [-0.25, -0.2) is 4.98 Å². The maximum absolute atomic E-state index is 12.2. The Bertz CT molecular complexity index is 448. The van der Waals surface area contributed by atoms with Crippen molar-refractivity contribution >= 4 is 0 Å². The fraction of sp³-hybridized carbons (Fsp3) is 0.444. The summed E-state index contributed by atoms with van der Waals surface area (Å²) in [5.41, 5.74) is -1.48. The Hall–Kier alpha value is -1.68. The quantitative estimate of drug-likeness (QED) is 0.771. The van der Waals surface area contributed by atoms with Crippen LogP contribution in [0.15, 0.2) is 18.3 Å². The summed E-state index contributed by atoms with van der Waals surface area (Å²) < 4.78 is 113. The molecule has 0 fully saturated rings. The zero-order valence-electron chi connectivity index (χ0n) is 9.07. The summed E-state index contributed by atoms with van der Waals surface area (Å²) in [6, 6.07) is 0.327. The van der Waals surface area contributed by atoms with E-state index in [4.69, 9.17) is 0 Å². The van der Waals surface area contributed by atoms with Crippen molar-refractivity contribution in [2.75, 3.05) is 0 Å². The Kier molecular flexibility index (Phi) is 4.11. The Morgan fingerprint density at radius 1 is 0.900 bits per heavy atom. The molecule has 20 heavy (non-hydrogen) atoms. The predicted octanol–water partition coefficient (Wildman–Crippen LogP) is 3.97. The fourth-order valence-corrected chi connectivity index (χ4v) is 1.09. The molecule has 11 heteroatoms. The summed E-state index contributed by atoms with van der Waals surface area (Å²) in [4.78, 5) is 2.90. The second kappa shape index (κ2) is 5.02. The smallest absolute Gasteiger partial charge is 0.434 e.